The normalized spacial score (nSPS) is 14.9. The Morgan fingerprint density at radius 1 is 0.355 bits per heavy atom. The highest BCUT2D eigenvalue weighted by Gasteiger charge is 2.30. The fourth-order valence-electron chi connectivity index (χ4n) is 10.6. The van der Waals surface area contributed by atoms with Crippen molar-refractivity contribution in [2.45, 2.75) is 369 Å². The zero-order valence-corrected chi connectivity index (χ0v) is 62.0. The number of allylic oxidation sites excluding steroid dienone is 4. The summed E-state index contributed by atoms with van der Waals surface area (Å²) in [5.41, 5.74) is 0. The molecule has 4 unspecified atom stereocenters. The van der Waals surface area contributed by atoms with Crippen molar-refractivity contribution in [3.63, 3.8) is 0 Å². The molecule has 0 spiro atoms. The molecular formula is C74H140O17P2. The van der Waals surface area contributed by atoms with Crippen LogP contribution in [0.1, 0.15) is 350 Å². The van der Waals surface area contributed by atoms with Crippen LogP contribution in [-0.2, 0) is 65.4 Å². The Labute approximate surface area is 567 Å². The number of aliphatic hydroxyl groups is 1. The fraction of sp³-hybridized carbons (Fsp3) is 0.892. The molecule has 0 aliphatic carbocycles. The summed E-state index contributed by atoms with van der Waals surface area (Å²) >= 11 is 0. The third kappa shape index (κ3) is 65.3. The SMILES string of the molecule is CCCCCC/C=C\C=C/CCCCCCCC(=O)OC[C@H](COP(=O)(O)OC[C@@H](O)COP(=O)(O)OC[C@@H](COC(=O)CCCCCCCCC(C)CC)OC(=O)CCCCCCCCCCC(C)CC)OC(=O)CCCCCCCCCCCCCCCC(C)C. The van der Waals surface area contributed by atoms with Crippen LogP contribution in [0.25, 0.3) is 0 Å². The molecule has 0 radical (unpaired) electrons. The van der Waals surface area contributed by atoms with Crippen LogP contribution in [-0.4, -0.2) is 96.7 Å². The number of phosphoric acid groups is 2. The first-order valence-electron chi connectivity index (χ1n) is 37.7. The van der Waals surface area contributed by atoms with E-state index in [-0.39, 0.29) is 25.7 Å². The van der Waals surface area contributed by atoms with Crippen LogP contribution in [0.4, 0.5) is 0 Å². The second kappa shape index (κ2) is 64.2. The molecule has 0 bridgehead atoms. The number of rotatable bonds is 70. The lowest BCUT2D eigenvalue weighted by Gasteiger charge is -2.21. The van der Waals surface area contributed by atoms with Crippen molar-refractivity contribution in [3.8, 4) is 0 Å². The maximum Gasteiger partial charge on any atom is 0.472 e. The standard InChI is InChI=1S/C74H140O17P2/c1-8-11-12-13-14-15-16-17-18-21-24-27-33-41-48-55-71(76)84-61-69(90-73(78)57-50-43-34-28-25-22-19-20-23-26-31-38-45-52-65(4)5)63-88-92(80,81)86-59-68(75)60-87-93(82,83)89-64-70(62-85-72(77)56-49-42-37-36-40-47-54-67(7)10-3)91-74(79)58-51-44-35-30-29-32-39-46-53-66(6)9-2/h15-18,65-70,75H,8-14,19-64H2,1-7H3,(H,80,81)(H,82,83)/b16-15-,18-17-/t66?,67?,68-,69-,70-/m1/s1. The molecule has 0 saturated carbocycles. The maximum absolute atomic E-state index is 13.1. The summed E-state index contributed by atoms with van der Waals surface area (Å²) in [6, 6.07) is 0. The molecule has 548 valence electrons. The number of phosphoric ester groups is 2. The molecule has 17 nitrogen and oxygen atoms in total. The second-order valence-corrected chi connectivity index (χ2v) is 29.9. The molecule has 93 heavy (non-hydrogen) atoms. The van der Waals surface area contributed by atoms with E-state index < -0.39 is 97.5 Å². The van der Waals surface area contributed by atoms with Gasteiger partial charge in [-0.2, -0.15) is 0 Å². The van der Waals surface area contributed by atoms with E-state index >= 15 is 0 Å². The molecule has 0 heterocycles. The minimum Gasteiger partial charge on any atom is -0.462 e. The zero-order chi connectivity index (χ0) is 68.7. The molecule has 0 aliphatic heterocycles. The van der Waals surface area contributed by atoms with E-state index in [1.165, 1.54) is 135 Å². The van der Waals surface area contributed by atoms with Gasteiger partial charge in [0.05, 0.1) is 26.4 Å². The van der Waals surface area contributed by atoms with Crippen LogP contribution in [0.5, 0.6) is 0 Å². The van der Waals surface area contributed by atoms with Gasteiger partial charge in [-0.3, -0.25) is 37.3 Å². The Balaban J connectivity index is 5.30. The predicted molar refractivity (Wildman–Crippen MR) is 377 cm³/mol. The van der Waals surface area contributed by atoms with E-state index in [0.717, 1.165) is 133 Å². The van der Waals surface area contributed by atoms with Crippen LogP contribution in [0, 0.1) is 17.8 Å². The van der Waals surface area contributed by atoms with Crippen LogP contribution in [0.3, 0.4) is 0 Å². The topological polar surface area (TPSA) is 237 Å². The summed E-state index contributed by atoms with van der Waals surface area (Å²) < 4.78 is 68.4. The summed E-state index contributed by atoms with van der Waals surface area (Å²) in [6.45, 7) is 11.8. The van der Waals surface area contributed by atoms with Crippen LogP contribution < -0.4 is 0 Å². The number of ether oxygens (including phenoxy) is 4. The van der Waals surface area contributed by atoms with Gasteiger partial charge in [0.1, 0.15) is 19.3 Å². The Kier molecular flexibility index (Phi) is 62.5. The van der Waals surface area contributed by atoms with Gasteiger partial charge in [0.2, 0.25) is 0 Å². The number of hydrogen-bond acceptors (Lipinski definition) is 15. The van der Waals surface area contributed by atoms with Gasteiger partial charge in [-0.05, 0) is 69.1 Å². The number of hydrogen-bond donors (Lipinski definition) is 3. The van der Waals surface area contributed by atoms with Crippen molar-refractivity contribution in [2.24, 2.45) is 17.8 Å². The van der Waals surface area contributed by atoms with Crippen molar-refractivity contribution in [1.29, 1.82) is 0 Å². The Morgan fingerprint density at radius 3 is 0.957 bits per heavy atom. The van der Waals surface area contributed by atoms with Crippen molar-refractivity contribution < 1.29 is 80.2 Å². The van der Waals surface area contributed by atoms with Crippen molar-refractivity contribution >= 4 is 39.5 Å². The number of esters is 4. The van der Waals surface area contributed by atoms with E-state index in [0.29, 0.717) is 25.7 Å². The smallest absolute Gasteiger partial charge is 0.462 e. The molecule has 0 aromatic heterocycles. The van der Waals surface area contributed by atoms with Crippen LogP contribution in [0.15, 0.2) is 24.3 Å². The molecule has 0 fully saturated rings. The maximum atomic E-state index is 13.1. The lowest BCUT2D eigenvalue weighted by atomic mass is 9.99. The molecule has 0 aromatic rings. The van der Waals surface area contributed by atoms with Crippen LogP contribution in [0.2, 0.25) is 0 Å². The molecule has 19 heteroatoms. The van der Waals surface area contributed by atoms with E-state index in [4.69, 9.17) is 37.0 Å². The van der Waals surface area contributed by atoms with Crippen molar-refractivity contribution in [2.75, 3.05) is 39.6 Å². The summed E-state index contributed by atoms with van der Waals surface area (Å²) in [4.78, 5) is 72.7. The number of carbonyl (C=O) groups is 4. The monoisotopic (exact) mass is 1360 g/mol. The van der Waals surface area contributed by atoms with E-state index in [2.05, 4.69) is 72.8 Å². The van der Waals surface area contributed by atoms with Crippen LogP contribution >= 0.6 is 15.6 Å². The Bertz CT molecular complexity index is 1920. The second-order valence-electron chi connectivity index (χ2n) is 27.0. The van der Waals surface area contributed by atoms with Crippen molar-refractivity contribution in [3.05, 3.63) is 24.3 Å². The highest BCUT2D eigenvalue weighted by molar-refractivity contribution is 7.47. The fourth-order valence-corrected chi connectivity index (χ4v) is 12.2. The molecular weight excluding hydrogens is 1220 g/mol. The number of unbranched alkanes of at least 4 members (excludes halogenated alkanes) is 33. The van der Waals surface area contributed by atoms with Crippen molar-refractivity contribution in [1.82, 2.24) is 0 Å². The first-order chi connectivity index (χ1) is 44.8. The van der Waals surface area contributed by atoms with Gasteiger partial charge in [0, 0.05) is 25.7 Å². The minimum atomic E-state index is -4.96. The van der Waals surface area contributed by atoms with Gasteiger partial charge in [-0.15, -0.1) is 0 Å². The zero-order valence-electron chi connectivity index (χ0n) is 60.2. The third-order valence-electron chi connectivity index (χ3n) is 17.2. The van der Waals surface area contributed by atoms with Gasteiger partial charge in [0.25, 0.3) is 0 Å². The Hall–Kier alpha value is -2.46. The summed E-state index contributed by atoms with van der Waals surface area (Å²) in [5, 5.41) is 10.6. The minimum absolute atomic E-state index is 0.0998. The van der Waals surface area contributed by atoms with Gasteiger partial charge >= 0.3 is 39.5 Å². The molecule has 0 rings (SSSR count). The molecule has 0 amide bonds. The molecule has 0 aromatic carbocycles. The summed E-state index contributed by atoms with van der Waals surface area (Å²) in [6.07, 6.45) is 52.1. The predicted octanol–water partition coefficient (Wildman–Crippen LogP) is 21.0. The Morgan fingerprint density at radius 2 is 0.634 bits per heavy atom. The van der Waals surface area contributed by atoms with E-state index in [9.17, 15) is 43.2 Å². The largest absolute Gasteiger partial charge is 0.472 e. The number of aliphatic hydroxyl groups excluding tert-OH is 1. The summed E-state index contributed by atoms with van der Waals surface area (Å²) in [7, 11) is -9.92. The average Bonchev–Trinajstić information content (AvgIpc) is 3.74. The molecule has 0 saturated heterocycles. The molecule has 7 atom stereocenters. The first kappa shape index (κ1) is 90.5. The lowest BCUT2D eigenvalue weighted by Crippen LogP contribution is -2.30. The van der Waals surface area contributed by atoms with Gasteiger partial charge in [0.15, 0.2) is 12.2 Å². The molecule has 3 N–H and O–H groups in total. The highest BCUT2D eigenvalue weighted by Crippen LogP contribution is 2.45. The quantitative estimate of drug-likeness (QED) is 0.0169. The first-order valence-corrected chi connectivity index (χ1v) is 40.7. The van der Waals surface area contributed by atoms with Gasteiger partial charge in [-0.25, -0.2) is 9.13 Å². The molecule has 0 aliphatic rings. The van der Waals surface area contributed by atoms with Gasteiger partial charge in [-0.1, -0.05) is 297 Å². The highest BCUT2D eigenvalue weighted by atomic mass is 31.2. The summed E-state index contributed by atoms with van der Waals surface area (Å²) in [5.74, 6) is 0.128. The van der Waals surface area contributed by atoms with E-state index in [1.807, 2.05) is 0 Å². The lowest BCUT2D eigenvalue weighted by molar-refractivity contribution is -0.161. The number of carbonyl (C=O) groups excluding carboxylic acids is 4. The van der Waals surface area contributed by atoms with Gasteiger partial charge < -0.3 is 33.8 Å². The third-order valence-corrected chi connectivity index (χ3v) is 19.1. The average molecular weight is 1360 g/mol. The van der Waals surface area contributed by atoms with E-state index in [1.54, 1.807) is 0 Å².